The number of rotatable bonds is 4. The quantitative estimate of drug-likeness (QED) is 0.351. The van der Waals surface area contributed by atoms with Gasteiger partial charge in [-0.05, 0) is 31.2 Å². The highest BCUT2D eigenvalue weighted by atomic mass is 35.5. The summed E-state index contributed by atoms with van der Waals surface area (Å²) in [5.74, 6) is 0. The predicted octanol–water partition coefficient (Wildman–Crippen LogP) is 6.95. The Kier molecular flexibility index (Phi) is 5.50. The van der Waals surface area contributed by atoms with E-state index in [1.807, 2.05) is 48.7 Å². The molecule has 0 aliphatic carbocycles. The first-order valence-corrected chi connectivity index (χ1v) is 10.3. The molecule has 2 heterocycles. The van der Waals surface area contributed by atoms with Crippen molar-refractivity contribution in [2.24, 2.45) is 0 Å². The molecular weight excluding hydrogens is 423 g/mol. The molecule has 0 unspecified atom stereocenters. The number of benzene rings is 2. The summed E-state index contributed by atoms with van der Waals surface area (Å²) in [7, 11) is 0. The standard InChI is InChI=1S/C22H14Cl2N4S/c1-13-5-6-14-3-2-4-19(21(14)27-13)26-11-16(10-25)22-28-20(12-29-22)15-7-8-17(23)18(24)9-15/h2-9,11-12,26H,1H3. The zero-order chi connectivity index (χ0) is 20.4. The number of nitriles is 1. The van der Waals surface area contributed by atoms with E-state index in [2.05, 4.69) is 21.4 Å². The van der Waals surface area contributed by atoms with Gasteiger partial charge in [-0.25, -0.2) is 4.98 Å². The topological polar surface area (TPSA) is 61.6 Å². The molecule has 142 valence electrons. The van der Waals surface area contributed by atoms with Crippen molar-refractivity contribution in [3.63, 3.8) is 0 Å². The van der Waals surface area contributed by atoms with Crippen LogP contribution in [0, 0.1) is 18.3 Å². The molecule has 4 rings (SSSR count). The summed E-state index contributed by atoms with van der Waals surface area (Å²) in [6.45, 7) is 1.95. The molecule has 0 bridgehead atoms. The lowest BCUT2D eigenvalue weighted by atomic mass is 10.1. The van der Waals surface area contributed by atoms with Gasteiger partial charge in [-0.3, -0.25) is 4.98 Å². The summed E-state index contributed by atoms with van der Waals surface area (Å²) >= 11 is 13.5. The van der Waals surface area contributed by atoms with Crippen molar-refractivity contribution in [3.05, 3.63) is 80.9 Å². The Labute approximate surface area is 182 Å². The van der Waals surface area contributed by atoms with Crippen LogP contribution in [0.5, 0.6) is 0 Å². The number of hydrogen-bond acceptors (Lipinski definition) is 5. The SMILES string of the molecule is Cc1ccc2cccc(NC=C(C#N)c3nc(-c4ccc(Cl)c(Cl)c4)cs3)c2n1. The van der Waals surface area contributed by atoms with Crippen LogP contribution in [-0.2, 0) is 0 Å². The van der Waals surface area contributed by atoms with Crippen molar-refractivity contribution in [2.45, 2.75) is 6.92 Å². The molecule has 29 heavy (non-hydrogen) atoms. The summed E-state index contributed by atoms with van der Waals surface area (Å²) in [6.07, 6.45) is 1.66. The van der Waals surface area contributed by atoms with Gasteiger partial charge in [0, 0.05) is 28.2 Å². The maximum Gasteiger partial charge on any atom is 0.136 e. The molecule has 7 heteroatoms. The molecule has 0 fully saturated rings. The molecule has 0 amide bonds. The second kappa shape index (κ2) is 8.22. The highest BCUT2D eigenvalue weighted by molar-refractivity contribution is 7.11. The Bertz CT molecular complexity index is 1290. The summed E-state index contributed by atoms with van der Waals surface area (Å²) in [5.41, 5.74) is 4.65. The number of pyridine rings is 1. The number of allylic oxidation sites excluding steroid dienone is 1. The number of aromatic nitrogens is 2. The van der Waals surface area contributed by atoms with Gasteiger partial charge in [-0.1, -0.05) is 47.5 Å². The fourth-order valence-electron chi connectivity index (χ4n) is 2.84. The van der Waals surface area contributed by atoms with Crippen molar-refractivity contribution in [1.82, 2.24) is 9.97 Å². The van der Waals surface area contributed by atoms with E-state index in [9.17, 15) is 5.26 Å². The number of fused-ring (bicyclic) bond motifs is 1. The van der Waals surface area contributed by atoms with Gasteiger partial charge < -0.3 is 5.32 Å². The van der Waals surface area contributed by atoms with Crippen LogP contribution in [0.4, 0.5) is 5.69 Å². The van der Waals surface area contributed by atoms with E-state index >= 15 is 0 Å². The van der Waals surface area contributed by atoms with E-state index < -0.39 is 0 Å². The lowest BCUT2D eigenvalue weighted by molar-refractivity contribution is 1.25. The maximum atomic E-state index is 9.63. The molecule has 0 spiro atoms. The Balaban J connectivity index is 1.64. The third-order valence-electron chi connectivity index (χ3n) is 4.30. The van der Waals surface area contributed by atoms with E-state index in [4.69, 9.17) is 23.2 Å². The van der Waals surface area contributed by atoms with Gasteiger partial charge in [0.15, 0.2) is 0 Å². The second-order valence-electron chi connectivity index (χ2n) is 6.31. The fourth-order valence-corrected chi connectivity index (χ4v) is 3.93. The number of nitrogens with zero attached hydrogens (tertiary/aromatic N) is 3. The molecule has 0 saturated heterocycles. The van der Waals surface area contributed by atoms with E-state index in [0.29, 0.717) is 20.6 Å². The minimum atomic E-state index is 0.436. The van der Waals surface area contributed by atoms with Gasteiger partial charge in [0.25, 0.3) is 0 Å². The van der Waals surface area contributed by atoms with Crippen LogP contribution in [0.2, 0.25) is 10.0 Å². The van der Waals surface area contributed by atoms with Crippen LogP contribution < -0.4 is 5.32 Å². The molecule has 0 saturated carbocycles. The maximum absolute atomic E-state index is 9.63. The predicted molar refractivity (Wildman–Crippen MR) is 121 cm³/mol. The van der Waals surface area contributed by atoms with Gasteiger partial charge in [0.1, 0.15) is 16.6 Å². The van der Waals surface area contributed by atoms with Crippen molar-refractivity contribution < 1.29 is 0 Å². The van der Waals surface area contributed by atoms with Gasteiger partial charge in [0.05, 0.1) is 26.9 Å². The van der Waals surface area contributed by atoms with E-state index in [1.54, 1.807) is 18.3 Å². The monoisotopic (exact) mass is 436 g/mol. The first-order valence-electron chi connectivity index (χ1n) is 8.69. The van der Waals surface area contributed by atoms with E-state index in [1.165, 1.54) is 11.3 Å². The Morgan fingerprint density at radius 2 is 1.97 bits per heavy atom. The van der Waals surface area contributed by atoms with Gasteiger partial charge in [0.2, 0.25) is 0 Å². The molecule has 0 aliphatic rings. The lowest BCUT2D eigenvalue weighted by Crippen LogP contribution is -1.94. The zero-order valence-corrected chi connectivity index (χ0v) is 17.6. The van der Waals surface area contributed by atoms with E-state index in [0.717, 1.165) is 33.5 Å². The number of thiazole rings is 1. The van der Waals surface area contributed by atoms with Crippen LogP contribution in [0.15, 0.2) is 60.1 Å². The summed E-state index contributed by atoms with van der Waals surface area (Å²) in [6, 6.07) is 17.5. The van der Waals surface area contributed by atoms with Crippen molar-refractivity contribution in [2.75, 3.05) is 5.32 Å². The zero-order valence-electron chi connectivity index (χ0n) is 15.3. The third-order valence-corrected chi connectivity index (χ3v) is 5.92. The van der Waals surface area contributed by atoms with Crippen LogP contribution in [0.25, 0.3) is 27.7 Å². The van der Waals surface area contributed by atoms with Crippen molar-refractivity contribution in [1.29, 1.82) is 5.26 Å². The average Bonchev–Trinajstić information content (AvgIpc) is 3.21. The number of para-hydroxylation sites is 1. The smallest absolute Gasteiger partial charge is 0.136 e. The first-order chi connectivity index (χ1) is 14.0. The number of hydrogen-bond donors (Lipinski definition) is 1. The highest BCUT2D eigenvalue weighted by Crippen LogP contribution is 2.31. The molecule has 1 N–H and O–H groups in total. The minimum Gasteiger partial charge on any atom is -0.359 e. The fraction of sp³-hybridized carbons (Fsp3) is 0.0455. The lowest BCUT2D eigenvalue weighted by Gasteiger charge is -2.06. The molecule has 0 atom stereocenters. The Morgan fingerprint density at radius 3 is 2.76 bits per heavy atom. The summed E-state index contributed by atoms with van der Waals surface area (Å²) < 4.78 is 0. The van der Waals surface area contributed by atoms with Crippen molar-refractivity contribution >= 4 is 56.7 Å². The number of nitrogens with one attached hydrogen (secondary N) is 1. The Hall–Kier alpha value is -2.91. The largest absolute Gasteiger partial charge is 0.359 e. The van der Waals surface area contributed by atoms with Gasteiger partial charge in [-0.2, -0.15) is 5.26 Å². The molecular formula is C22H14Cl2N4S. The van der Waals surface area contributed by atoms with Crippen LogP contribution in [0.1, 0.15) is 10.7 Å². The van der Waals surface area contributed by atoms with Gasteiger partial charge in [-0.15, -0.1) is 11.3 Å². The van der Waals surface area contributed by atoms with Crippen LogP contribution in [-0.4, -0.2) is 9.97 Å². The first kappa shape index (κ1) is 19.4. The number of aryl methyl sites for hydroxylation is 1. The molecule has 4 aromatic rings. The summed E-state index contributed by atoms with van der Waals surface area (Å²) in [5, 5.41) is 17.3. The number of halogens is 2. The normalized spacial score (nSPS) is 11.4. The van der Waals surface area contributed by atoms with Crippen LogP contribution in [0.3, 0.4) is 0 Å². The molecule has 2 aromatic carbocycles. The van der Waals surface area contributed by atoms with Crippen LogP contribution >= 0.6 is 34.5 Å². The summed E-state index contributed by atoms with van der Waals surface area (Å²) in [4.78, 5) is 9.18. The second-order valence-corrected chi connectivity index (χ2v) is 7.98. The number of anilines is 1. The van der Waals surface area contributed by atoms with E-state index in [-0.39, 0.29) is 0 Å². The molecule has 0 aliphatic heterocycles. The highest BCUT2D eigenvalue weighted by Gasteiger charge is 2.11. The Morgan fingerprint density at radius 1 is 1.10 bits per heavy atom. The van der Waals surface area contributed by atoms with Crippen molar-refractivity contribution in [3.8, 4) is 17.3 Å². The molecule has 4 nitrogen and oxygen atoms in total. The molecule has 0 radical (unpaired) electrons. The molecule has 2 aromatic heterocycles. The minimum absolute atomic E-state index is 0.436. The third kappa shape index (κ3) is 4.10. The average molecular weight is 437 g/mol. The van der Waals surface area contributed by atoms with Gasteiger partial charge >= 0.3 is 0 Å².